The maximum Gasteiger partial charge on any atom is 0.410 e. The third-order valence-corrected chi connectivity index (χ3v) is 4.03. The molecule has 1 aliphatic rings. The van der Waals surface area contributed by atoms with Gasteiger partial charge in [-0.25, -0.2) is 14.0 Å². The van der Waals surface area contributed by atoms with Crippen LogP contribution in [0.2, 0.25) is 0 Å². The van der Waals surface area contributed by atoms with Gasteiger partial charge in [0, 0.05) is 12.1 Å². The van der Waals surface area contributed by atoms with Crippen LogP contribution in [0.4, 0.5) is 9.18 Å². The molecular weight excluding hydrogens is 337 g/mol. The summed E-state index contributed by atoms with van der Waals surface area (Å²) in [6.45, 7) is 9.80. The van der Waals surface area contributed by atoms with Gasteiger partial charge in [-0.2, -0.15) is 0 Å². The summed E-state index contributed by atoms with van der Waals surface area (Å²) in [5.74, 6) is -0.737. The van der Waals surface area contributed by atoms with E-state index in [1.165, 1.54) is 12.1 Å². The normalized spacial score (nSPS) is 15.1. The number of halogens is 1. The molecule has 0 saturated carbocycles. The zero-order valence-corrected chi connectivity index (χ0v) is 16.0. The second-order valence-electron chi connectivity index (χ2n) is 7.29. The van der Waals surface area contributed by atoms with Crippen molar-refractivity contribution < 1.29 is 23.5 Å². The van der Waals surface area contributed by atoms with Gasteiger partial charge in [0.1, 0.15) is 11.4 Å². The van der Waals surface area contributed by atoms with Crippen LogP contribution in [0.25, 0.3) is 5.57 Å². The van der Waals surface area contributed by atoms with Gasteiger partial charge in [-0.3, -0.25) is 0 Å². The van der Waals surface area contributed by atoms with Gasteiger partial charge >= 0.3 is 12.1 Å². The molecule has 0 bridgehead atoms. The highest BCUT2D eigenvalue weighted by atomic mass is 19.1. The Bertz CT molecular complexity index is 734. The first kappa shape index (κ1) is 19.9. The molecule has 0 spiro atoms. The highest BCUT2D eigenvalue weighted by Gasteiger charge is 2.31. The summed E-state index contributed by atoms with van der Waals surface area (Å²) >= 11 is 0. The van der Waals surface area contributed by atoms with E-state index in [2.05, 4.69) is 0 Å². The van der Waals surface area contributed by atoms with Crippen molar-refractivity contribution in [1.82, 2.24) is 4.90 Å². The van der Waals surface area contributed by atoms with Gasteiger partial charge in [-0.15, -0.1) is 0 Å². The van der Waals surface area contributed by atoms with Crippen molar-refractivity contribution >= 4 is 17.6 Å². The zero-order chi connectivity index (χ0) is 19.5. The lowest BCUT2D eigenvalue weighted by Crippen LogP contribution is -2.41. The second-order valence-corrected chi connectivity index (χ2v) is 7.29. The monoisotopic (exact) mass is 363 g/mol. The van der Waals surface area contributed by atoms with Crippen LogP contribution in [0, 0.1) is 12.7 Å². The summed E-state index contributed by atoms with van der Waals surface area (Å²) in [7, 11) is 0. The van der Waals surface area contributed by atoms with Gasteiger partial charge in [-0.1, -0.05) is 6.07 Å². The van der Waals surface area contributed by atoms with E-state index in [1.807, 2.05) is 0 Å². The van der Waals surface area contributed by atoms with Crippen molar-refractivity contribution in [2.45, 2.75) is 46.6 Å². The molecule has 0 aliphatic carbocycles. The molecule has 5 nitrogen and oxygen atoms in total. The molecule has 0 saturated heterocycles. The fourth-order valence-electron chi connectivity index (χ4n) is 2.90. The van der Waals surface area contributed by atoms with Crippen LogP contribution in [0.3, 0.4) is 0 Å². The Morgan fingerprint density at radius 3 is 2.54 bits per heavy atom. The maximum atomic E-state index is 13.5. The van der Waals surface area contributed by atoms with E-state index in [0.29, 0.717) is 29.7 Å². The Labute approximate surface area is 153 Å². The molecule has 142 valence electrons. The lowest BCUT2D eigenvalue weighted by Gasteiger charge is -2.32. The van der Waals surface area contributed by atoms with Crippen LogP contribution in [0.5, 0.6) is 0 Å². The molecule has 1 heterocycles. The van der Waals surface area contributed by atoms with Gasteiger partial charge in [0.25, 0.3) is 0 Å². The fraction of sp³-hybridized carbons (Fsp3) is 0.500. The van der Waals surface area contributed by atoms with Gasteiger partial charge in [-0.05, 0) is 69.9 Å². The van der Waals surface area contributed by atoms with Crippen LogP contribution < -0.4 is 0 Å². The SMILES string of the molecule is CCOC(=O)C1=C(c2ccc(F)cc2C)CN(C(=O)OC(C)(C)C)CC1. The molecular formula is C20H26FNO4. The molecule has 26 heavy (non-hydrogen) atoms. The molecule has 0 atom stereocenters. The summed E-state index contributed by atoms with van der Waals surface area (Å²) < 4.78 is 24.1. The van der Waals surface area contributed by atoms with Crippen molar-refractivity contribution in [3.8, 4) is 0 Å². The van der Waals surface area contributed by atoms with Crippen molar-refractivity contribution in [3.63, 3.8) is 0 Å². The lowest BCUT2D eigenvalue weighted by atomic mass is 9.91. The van der Waals surface area contributed by atoms with E-state index in [9.17, 15) is 14.0 Å². The quantitative estimate of drug-likeness (QED) is 0.759. The zero-order valence-electron chi connectivity index (χ0n) is 16.0. The number of nitrogens with zero attached hydrogens (tertiary/aromatic N) is 1. The first-order valence-electron chi connectivity index (χ1n) is 8.76. The van der Waals surface area contributed by atoms with Crippen molar-refractivity contribution in [1.29, 1.82) is 0 Å². The molecule has 6 heteroatoms. The molecule has 0 N–H and O–H groups in total. The van der Waals surface area contributed by atoms with Crippen LogP contribution in [0.15, 0.2) is 23.8 Å². The number of ether oxygens (including phenoxy) is 2. The summed E-state index contributed by atoms with van der Waals surface area (Å²) in [5, 5.41) is 0. The minimum Gasteiger partial charge on any atom is -0.463 e. The molecule has 0 fully saturated rings. The lowest BCUT2D eigenvalue weighted by molar-refractivity contribution is -0.138. The first-order chi connectivity index (χ1) is 12.1. The number of aryl methyl sites for hydroxylation is 1. The fourth-order valence-corrected chi connectivity index (χ4v) is 2.90. The number of rotatable bonds is 3. The average Bonchev–Trinajstić information content (AvgIpc) is 2.53. The molecule has 2 rings (SSSR count). The largest absolute Gasteiger partial charge is 0.463 e. The minimum absolute atomic E-state index is 0.218. The van der Waals surface area contributed by atoms with Gasteiger partial charge in [0.15, 0.2) is 0 Å². The number of amides is 1. The Hall–Kier alpha value is -2.37. The van der Waals surface area contributed by atoms with Crippen LogP contribution in [0.1, 0.15) is 45.2 Å². The number of esters is 1. The van der Waals surface area contributed by atoms with Crippen molar-refractivity contribution in [2.24, 2.45) is 0 Å². The molecule has 1 aromatic carbocycles. The summed E-state index contributed by atoms with van der Waals surface area (Å²) in [6.07, 6.45) is -0.0674. The van der Waals surface area contributed by atoms with Crippen LogP contribution in [-0.2, 0) is 14.3 Å². The Balaban J connectivity index is 2.40. The maximum absolute atomic E-state index is 13.5. The van der Waals surface area contributed by atoms with E-state index < -0.39 is 17.7 Å². The third-order valence-electron chi connectivity index (χ3n) is 4.03. The van der Waals surface area contributed by atoms with Crippen molar-refractivity contribution in [2.75, 3.05) is 19.7 Å². The Morgan fingerprint density at radius 1 is 1.27 bits per heavy atom. The minimum atomic E-state index is -0.603. The predicted octanol–water partition coefficient (Wildman–Crippen LogP) is 4.09. The number of hydrogen-bond acceptors (Lipinski definition) is 4. The molecule has 0 aromatic heterocycles. The van der Waals surface area contributed by atoms with E-state index in [0.717, 1.165) is 5.56 Å². The summed E-state index contributed by atoms with van der Waals surface area (Å²) in [4.78, 5) is 26.4. The Morgan fingerprint density at radius 2 is 1.96 bits per heavy atom. The molecule has 0 radical (unpaired) electrons. The molecule has 0 unspecified atom stereocenters. The summed E-state index contributed by atoms with van der Waals surface area (Å²) in [6, 6.07) is 4.40. The highest BCUT2D eigenvalue weighted by Crippen LogP contribution is 2.30. The number of hydrogen-bond donors (Lipinski definition) is 0. The van der Waals surface area contributed by atoms with Gasteiger partial charge < -0.3 is 14.4 Å². The van der Waals surface area contributed by atoms with E-state index >= 15 is 0 Å². The van der Waals surface area contributed by atoms with Gasteiger partial charge in [0.2, 0.25) is 0 Å². The van der Waals surface area contributed by atoms with E-state index in [4.69, 9.17) is 9.47 Å². The predicted molar refractivity (Wildman–Crippen MR) is 97.1 cm³/mol. The standard InChI is InChI=1S/C20H26FNO4/c1-6-25-18(23)16-9-10-22(19(24)26-20(3,4)5)12-17(16)15-8-7-14(21)11-13(15)2/h7-8,11H,6,9-10,12H2,1-5H3. The molecule has 1 aromatic rings. The highest BCUT2D eigenvalue weighted by molar-refractivity contribution is 5.99. The Kier molecular flexibility index (Phi) is 6.05. The number of carbonyl (C=O) groups excluding carboxylic acids is 2. The number of benzene rings is 1. The van der Waals surface area contributed by atoms with Crippen LogP contribution in [-0.4, -0.2) is 42.3 Å². The van der Waals surface area contributed by atoms with E-state index in [-0.39, 0.29) is 19.0 Å². The molecule has 1 amide bonds. The topological polar surface area (TPSA) is 55.8 Å². The van der Waals surface area contributed by atoms with E-state index in [1.54, 1.807) is 45.6 Å². The first-order valence-corrected chi connectivity index (χ1v) is 8.76. The van der Waals surface area contributed by atoms with Crippen LogP contribution >= 0.6 is 0 Å². The summed E-state index contributed by atoms with van der Waals surface area (Å²) in [5.41, 5.74) is 2.05. The molecule has 1 aliphatic heterocycles. The number of carbonyl (C=O) groups is 2. The second kappa shape index (κ2) is 7.89. The van der Waals surface area contributed by atoms with Crippen molar-refractivity contribution in [3.05, 3.63) is 40.7 Å². The third kappa shape index (κ3) is 4.84. The smallest absolute Gasteiger partial charge is 0.410 e. The average molecular weight is 363 g/mol. The van der Waals surface area contributed by atoms with Gasteiger partial charge in [0.05, 0.1) is 13.2 Å².